The van der Waals surface area contributed by atoms with Crippen molar-refractivity contribution in [3.63, 3.8) is 0 Å². The summed E-state index contributed by atoms with van der Waals surface area (Å²) in [7, 11) is 1.67. The zero-order chi connectivity index (χ0) is 18.4. The van der Waals surface area contributed by atoms with Crippen LogP contribution < -0.4 is 10.6 Å². The largest absolute Gasteiger partial charge is 0.444 e. The monoisotopic (exact) mass is 344 g/mol. The molecule has 0 heterocycles. The maximum atomic E-state index is 12.1. The summed E-state index contributed by atoms with van der Waals surface area (Å²) in [5, 5.41) is 15.8. The van der Waals surface area contributed by atoms with Crippen molar-refractivity contribution in [1.82, 2.24) is 10.6 Å². The van der Waals surface area contributed by atoms with Crippen LogP contribution >= 0.6 is 0 Å². The molecule has 1 aliphatic rings. The van der Waals surface area contributed by atoms with E-state index in [0.717, 1.165) is 19.3 Å². The highest BCUT2D eigenvalue weighted by atomic mass is 16.6. The number of hydrogen-bond acceptors (Lipinski definition) is 5. The van der Waals surface area contributed by atoms with Crippen molar-refractivity contribution in [3.05, 3.63) is 0 Å². The summed E-state index contributed by atoms with van der Waals surface area (Å²) in [5.74, 6) is 0. The number of methoxy groups -OCH3 is 1. The summed E-state index contributed by atoms with van der Waals surface area (Å²) in [6.07, 6.45) is 3.13. The average Bonchev–Trinajstić information content (AvgIpc) is 2.34. The van der Waals surface area contributed by atoms with Gasteiger partial charge < -0.3 is 25.2 Å². The number of carbonyl (C=O) groups excluding carboxylic acids is 1. The zero-order valence-electron chi connectivity index (χ0n) is 16.1. The van der Waals surface area contributed by atoms with Crippen LogP contribution in [0.5, 0.6) is 0 Å². The van der Waals surface area contributed by atoms with Crippen LogP contribution in [0, 0.1) is 5.41 Å². The number of hydrogen-bond donors (Lipinski definition) is 3. The Morgan fingerprint density at radius 1 is 1.29 bits per heavy atom. The molecule has 6 heteroatoms. The SMILES string of the molecule is COCC(CCO)NC1CC(NC(=O)OC(C)(C)C)CC(C)(C)C1. The molecular weight excluding hydrogens is 308 g/mol. The van der Waals surface area contributed by atoms with E-state index in [1.165, 1.54) is 0 Å². The summed E-state index contributed by atoms with van der Waals surface area (Å²) in [4.78, 5) is 12.1. The molecule has 0 saturated heterocycles. The molecule has 6 nitrogen and oxygen atoms in total. The van der Waals surface area contributed by atoms with Crippen LogP contribution in [0.1, 0.15) is 60.3 Å². The van der Waals surface area contributed by atoms with Crippen LogP contribution in [0.2, 0.25) is 0 Å². The first-order valence-corrected chi connectivity index (χ1v) is 8.90. The minimum Gasteiger partial charge on any atom is -0.444 e. The molecule has 142 valence electrons. The maximum Gasteiger partial charge on any atom is 0.407 e. The predicted octanol–water partition coefficient (Wildman–Crippen LogP) is 2.45. The molecule has 0 bridgehead atoms. The molecule has 3 N–H and O–H groups in total. The molecule has 1 saturated carbocycles. The molecule has 0 aromatic rings. The van der Waals surface area contributed by atoms with E-state index in [9.17, 15) is 9.90 Å². The summed E-state index contributed by atoms with van der Waals surface area (Å²) < 4.78 is 10.6. The number of ether oxygens (including phenoxy) is 2. The van der Waals surface area contributed by atoms with Crippen molar-refractivity contribution < 1.29 is 19.4 Å². The molecule has 1 fully saturated rings. The number of carbonyl (C=O) groups is 1. The van der Waals surface area contributed by atoms with Crippen LogP contribution in [0.4, 0.5) is 4.79 Å². The second kappa shape index (κ2) is 9.02. The number of rotatable bonds is 7. The highest BCUT2D eigenvalue weighted by Crippen LogP contribution is 2.35. The first-order valence-electron chi connectivity index (χ1n) is 8.90. The summed E-state index contributed by atoms with van der Waals surface area (Å²) in [6, 6.07) is 0.486. The van der Waals surface area contributed by atoms with E-state index >= 15 is 0 Å². The molecule has 0 spiro atoms. The second-order valence-corrected chi connectivity index (χ2v) is 8.68. The van der Waals surface area contributed by atoms with Crippen molar-refractivity contribution in [2.45, 2.75) is 84.0 Å². The van der Waals surface area contributed by atoms with Gasteiger partial charge in [-0.25, -0.2) is 4.79 Å². The van der Waals surface area contributed by atoms with Crippen molar-refractivity contribution in [3.8, 4) is 0 Å². The van der Waals surface area contributed by atoms with Crippen LogP contribution in [0.3, 0.4) is 0 Å². The van der Waals surface area contributed by atoms with Gasteiger partial charge >= 0.3 is 6.09 Å². The number of aliphatic hydroxyl groups excluding tert-OH is 1. The van der Waals surface area contributed by atoms with Crippen molar-refractivity contribution >= 4 is 6.09 Å². The number of alkyl carbamates (subject to hydrolysis) is 1. The van der Waals surface area contributed by atoms with E-state index in [0.29, 0.717) is 13.0 Å². The van der Waals surface area contributed by atoms with Crippen molar-refractivity contribution in [2.24, 2.45) is 5.41 Å². The van der Waals surface area contributed by atoms with Gasteiger partial charge in [0.05, 0.1) is 6.61 Å². The molecule has 3 atom stereocenters. The summed E-state index contributed by atoms with van der Waals surface area (Å²) in [5.41, 5.74) is -0.358. The molecule has 3 unspecified atom stereocenters. The fraction of sp³-hybridized carbons (Fsp3) is 0.944. The standard InChI is InChI=1S/C18H36N2O4/c1-17(2,3)24-16(22)20-15-9-14(10-18(4,5)11-15)19-13(7-8-21)12-23-6/h13-15,19,21H,7-12H2,1-6H3,(H,20,22). The van der Waals surface area contributed by atoms with E-state index in [2.05, 4.69) is 24.5 Å². The minimum absolute atomic E-state index is 0.0819. The van der Waals surface area contributed by atoms with E-state index in [4.69, 9.17) is 9.47 Å². The molecule has 0 aromatic carbocycles. The Bertz CT molecular complexity index is 387. The predicted molar refractivity (Wildman–Crippen MR) is 95.1 cm³/mol. The van der Waals surface area contributed by atoms with Crippen molar-refractivity contribution in [2.75, 3.05) is 20.3 Å². The second-order valence-electron chi connectivity index (χ2n) is 8.68. The molecule has 1 aliphatic carbocycles. The fourth-order valence-corrected chi connectivity index (χ4v) is 3.54. The fourth-order valence-electron chi connectivity index (χ4n) is 3.54. The van der Waals surface area contributed by atoms with Gasteiger partial charge in [0.15, 0.2) is 0 Å². The highest BCUT2D eigenvalue weighted by Gasteiger charge is 2.36. The Morgan fingerprint density at radius 3 is 2.46 bits per heavy atom. The summed E-state index contributed by atoms with van der Waals surface area (Å²) >= 11 is 0. The van der Waals surface area contributed by atoms with Crippen LogP contribution in [-0.2, 0) is 9.47 Å². The van der Waals surface area contributed by atoms with Gasteiger partial charge in [0, 0.05) is 31.8 Å². The molecule has 0 aromatic heterocycles. The number of nitrogens with one attached hydrogen (secondary N) is 2. The van der Waals surface area contributed by atoms with Crippen LogP contribution in [0.15, 0.2) is 0 Å². The lowest BCUT2D eigenvalue weighted by Crippen LogP contribution is -2.52. The quantitative estimate of drug-likeness (QED) is 0.661. The lowest BCUT2D eigenvalue weighted by atomic mass is 9.72. The van der Waals surface area contributed by atoms with E-state index in [1.54, 1.807) is 7.11 Å². The topological polar surface area (TPSA) is 79.8 Å². The lowest BCUT2D eigenvalue weighted by molar-refractivity contribution is 0.0448. The van der Waals surface area contributed by atoms with Gasteiger partial charge in [0.1, 0.15) is 5.60 Å². The first kappa shape index (κ1) is 21.2. The molecular formula is C18H36N2O4. The van der Waals surface area contributed by atoms with Gasteiger partial charge in [0.25, 0.3) is 0 Å². The Labute approximate surface area is 146 Å². The van der Waals surface area contributed by atoms with Crippen LogP contribution in [-0.4, -0.2) is 55.2 Å². The van der Waals surface area contributed by atoms with Crippen molar-refractivity contribution in [1.29, 1.82) is 0 Å². The Kier molecular flexibility index (Phi) is 7.96. The summed E-state index contributed by atoms with van der Waals surface area (Å²) in [6.45, 7) is 10.8. The van der Waals surface area contributed by atoms with Gasteiger partial charge in [-0.05, 0) is 51.9 Å². The van der Waals surface area contributed by atoms with Gasteiger partial charge in [-0.2, -0.15) is 0 Å². The van der Waals surface area contributed by atoms with Gasteiger partial charge in [0.2, 0.25) is 0 Å². The molecule has 24 heavy (non-hydrogen) atoms. The normalized spacial score (nSPS) is 25.1. The lowest BCUT2D eigenvalue weighted by Gasteiger charge is -2.42. The smallest absolute Gasteiger partial charge is 0.407 e. The van der Waals surface area contributed by atoms with Gasteiger partial charge in [-0.1, -0.05) is 13.8 Å². The molecule has 1 rings (SSSR count). The third kappa shape index (κ3) is 8.31. The minimum atomic E-state index is -0.489. The number of amides is 1. The molecule has 0 radical (unpaired) electrons. The maximum absolute atomic E-state index is 12.1. The van der Waals surface area contributed by atoms with E-state index in [-0.39, 0.29) is 36.2 Å². The molecule has 1 amide bonds. The number of aliphatic hydroxyl groups is 1. The molecule has 0 aliphatic heterocycles. The van der Waals surface area contributed by atoms with Gasteiger partial charge in [-0.15, -0.1) is 0 Å². The Morgan fingerprint density at radius 2 is 1.92 bits per heavy atom. The zero-order valence-corrected chi connectivity index (χ0v) is 16.1. The Hall–Kier alpha value is -0.850. The van der Waals surface area contributed by atoms with E-state index < -0.39 is 5.60 Å². The van der Waals surface area contributed by atoms with Gasteiger partial charge in [-0.3, -0.25) is 0 Å². The Balaban J connectivity index is 2.64. The highest BCUT2D eigenvalue weighted by molar-refractivity contribution is 5.68. The van der Waals surface area contributed by atoms with E-state index in [1.807, 2.05) is 20.8 Å². The third-order valence-electron chi connectivity index (χ3n) is 4.20. The average molecular weight is 344 g/mol. The first-order chi connectivity index (χ1) is 11.0. The van der Waals surface area contributed by atoms with Crippen LogP contribution in [0.25, 0.3) is 0 Å². The third-order valence-corrected chi connectivity index (χ3v) is 4.20.